The smallest absolute Gasteiger partial charge is 0.343 e. The van der Waals surface area contributed by atoms with Crippen LogP contribution in [0.15, 0.2) is 80.1 Å². The van der Waals surface area contributed by atoms with E-state index < -0.39 is 18.0 Å². The van der Waals surface area contributed by atoms with Gasteiger partial charge in [0.05, 0.1) is 53.2 Å². The summed E-state index contributed by atoms with van der Waals surface area (Å²) in [4.78, 5) is 44.5. The van der Waals surface area contributed by atoms with Gasteiger partial charge in [0.25, 0.3) is 5.56 Å². The van der Waals surface area contributed by atoms with Gasteiger partial charge in [-0.1, -0.05) is 41.1 Å². The molecular formula is C37H36BrClN2O9S. The average molecular weight is 800 g/mol. The van der Waals surface area contributed by atoms with Crippen LogP contribution < -0.4 is 33.8 Å². The summed E-state index contributed by atoms with van der Waals surface area (Å²) in [5, 5.41) is 0.611. The third-order valence-corrected chi connectivity index (χ3v) is 9.38. The number of halogens is 2. The van der Waals surface area contributed by atoms with Crippen LogP contribution in [0.4, 0.5) is 0 Å². The summed E-state index contributed by atoms with van der Waals surface area (Å²) in [7, 11) is 1.27. The minimum absolute atomic E-state index is 0.132. The van der Waals surface area contributed by atoms with E-state index in [-0.39, 0.29) is 31.0 Å². The van der Waals surface area contributed by atoms with Gasteiger partial charge < -0.3 is 28.4 Å². The molecule has 0 saturated carbocycles. The van der Waals surface area contributed by atoms with Gasteiger partial charge in [-0.3, -0.25) is 9.36 Å². The minimum Gasteiger partial charge on any atom is -0.490 e. The predicted molar refractivity (Wildman–Crippen MR) is 197 cm³/mol. The summed E-state index contributed by atoms with van der Waals surface area (Å²) in [6.07, 6.45) is 1.74. The highest BCUT2D eigenvalue weighted by Crippen LogP contribution is 2.39. The maximum Gasteiger partial charge on any atom is 0.343 e. The van der Waals surface area contributed by atoms with E-state index in [0.29, 0.717) is 71.9 Å². The molecule has 0 aliphatic carbocycles. The van der Waals surface area contributed by atoms with E-state index in [4.69, 9.17) is 40.0 Å². The quantitative estimate of drug-likeness (QED) is 0.138. The summed E-state index contributed by atoms with van der Waals surface area (Å²) in [5.74, 6) is 0.466. The van der Waals surface area contributed by atoms with Gasteiger partial charge >= 0.3 is 11.9 Å². The van der Waals surface area contributed by atoms with Crippen molar-refractivity contribution in [2.45, 2.75) is 40.3 Å². The molecular weight excluding hydrogens is 764 g/mol. The lowest BCUT2D eigenvalue weighted by Gasteiger charge is -2.25. The Bertz CT molecular complexity index is 2160. The second-order valence-electron chi connectivity index (χ2n) is 11.0. The number of rotatable bonds is 14. The molecule has 0 unspecified atom stereocenters. The molecule has 2 heterocycles. The molecule has 0 bridgehead atoms. The van der Waals surface area contributed by atoms with Crippen molar-refractivity contribution >= 4 is 56.9 Å². The second-order valence-corrected chi connectivity index (χ2v) is 13.3. The maximum atomic E-state index is 14.3. The lowest BCUT2D eigenvalue weighted by molar-refractivity contribution is -0.143. The minimum atomic E-state index is -0.899. The molecule has 4 aromatic rings. The van der Waals surface area contributed by atoms with Crippen molar-refractivity contribution in [3.8, 4) is 23.0 Å². The van der Waals surface area contributed by atoms with Crippen molar-refractivity contribution < 1.29 is 38.0 Å². The van der Waals surface area contributed by atoms with Gasteiger partial charge in [0.1, 0.15) is 6.61 Å². The van der Waals surface area contributed by atoms with E-state index in [0.717, 1.165) is 5.56 Å². The largest absolute Gasteiger partial charge is 0.490 e. The van der Waals surface area contributed by atoms with Gasteiger partial charge in [-0.15, -0.1) is 0 Å². The number of fused-ring (bicyclic) bond motifs is 1. The Morgan fingerprint density at radius 3 is 2.43 bits per heavy atom. The molecule has 5 rings (SSSR count). The van der Waals surface area contributed by atoms with Crippen LogP contribution in [0.2, 0.25) is 5.02 Å². The number of hydrogen-bond donors (Lipinski definition) is 0. The topological polar surface area (TPSA) is 124 Å². The van der Waals surface area contributed by atoms with Crippen LogP contribution in [0.3, 0.4) is 0 Å². The van der Waals surface area contributed by atoms with Crippen LogP contribution in [-0.4, -0.2) is 50.0 Å². The van der Waals surface area contributed by atoms with E-state index >= 15 is 0 Å². The van der Waals surface area contributed by atoms with Crippen molar-refractivity contribution in [2.75, 3.05) is 33.5 Å². The highest BCUT2D eigenvalue weighted by molar-refractivity contribution is 9.10. The number of thiazole rings is 1. The molecule has 1 aromatic heterocycles. The number of aromatic nitrogens is 1. The Labute approximate surface area is 311 Å². The number of benzene rings is 3. The summed E-state index contributed by atoms with van der Waals surface area (Å²) in [6, 6.07) is 15.2. The molecule has 3 aromatic carbocycles. The number of allylic oxidation sites excluding steroid dienone is 1. The molecule has 0 amide bonds. The first kappa shape index (κ1) is 37.7. The first-order chi connectivity index (χ1) is 24.6. The third-order valence-electron chi connectivity index (χ3n) is 7.58. The summed E-state index contributed by atoms with van der Waals surface area (Å²) >= 11 is 11.0. The number of carbonyl (C=O) groups excluding carboxylic acids is 2. The highest BCUT2D eigenvalue weighted by atomic mass is 79.9. The lowest BCUT2D eigenvalue weighted by atomic mass is 9.95. The Kier molecular flexibility index (Phi) is 12.6. The van der Waals surface area contributed by atoms with Crippen molar-refractivity contribution in [3.63, 3.8) is 0 Å². The number of ether oxygens (including phenoxy) is 6. The number of hydrogen-bond acceptors (Lipinski definition) is 11. The van der Waals surface area contributed by atoms with Gasteiger partial charge in [0.15, 0.2) is 34.4 Å². The molecule has 0 saturated heterocycles. The number of esters is 2. The number of carbonyl (C=O) groups is 2. The van der Waals surface area contributed by atoms with E-state index in [1.807, 2.05) is 31.2 Å². The molecule has 1 aliphatic rings. The van der Waals surface area contributed by atoms with Crippen LogP contribution >= 0.6 is 38.9 Å². The van der Waals surface area contributed by atoms with E-state index in [1.165, 1.54) is 23.0 Å². The van der Waals surface area contributed by atoms with Crippen LogP contribution in [0.5, 0.6) is 23.0 Å². The number of methoxy groups -OCH3 is 1. The Morgan fingerprint density at radius 2 is 1.73 bits per heavy atom. The molecule has 268 valence electrons. The van der Waals surface area contributed by atoms with Crippen molar-refractivity contribution in [3.05, 3.63) is 112 Å². The maximum absolute atomic E-state index is 14.3. The lowest BCUT2D eigenvalue weighted by Crippen LogP contribution is -2.40. The van der Waals surface area contributed by atoms with Crippen molar-refractivity contribution in [1.82, 2.24) is 4.57 Å². The fourth-order valence-electron chi connectivity index (χ4n) is 5.39. The van der Waals surface area contributed by atoms with Crippen LogP contribution in [-0.2, 0) is 25.7 Å². The van der Waals surface area contributed by atoms with E-state index in [9.17, 15) is 14.4 Å². The molecule has 1 atom stereocenters. The highest BCUT2D eigenvalue weighted by Gasteiger charge is 2.34. The molecule has 11 nitrogen and oxygen atoms in total. The zero-order valence-electron chi connectivity index (χ0n) is 28.6. The Balaban J connectivity index is 1.60. The standard InChI is InChI=1S/C37H36BrClN2O9S/c1-6-46-28-18-24(12-13-27(28)49-20-31(42)45-5)33-32(36(44)48-8-3)21(4)40-37-41(33)35(43)30(51-37)17-23-15-26(38)34(29(16-23)47-7-2)50-19-22-10-9-11-25(39)14-22/h9-18,33H,6-8,19-20H2,1-5H3/b30-17+/t33-/m0/s1. The normalized spacial score (nSPS) is 14.0. The molecule has 14 heteroatoms. The first-order valence-corrected chi connectivity index (χ1v) is 18.1. The summed E-state index contributed by atoms with van der Waals surface area (Å²) in [5.41, 5.74) is 2.39. The SMILES string of the molecule is CCOC(=O)C1=C(C)N=c2s/c(=C/c3cc(Br)c(OCc4cccc(Cl)c4)c(OCC)c3)c(=O)n2[C@H]1c1ccc(OCC(=O)OC)c(OCC)c1. The van der Waals surface area contributed by atoms with Gasteiger partial charge in [-0.2, -0.15) is 0 Å². The monoisotopic (exact) mass is 798 g/mol. The fraction of sp³-hybridized carbons (Fsp3) is 0.297. The molecule has 51 heavy (non-hydrogen) atoms. The van der Waals surface area contributed by atoms with Crippen LogP contribution in [0, 0.1) is 0 Å². The molecule has 0 spiro atoms. The number of nitrogens with zero attached hydrogens (tertiary/aromatic N) is 2. The van der Waals surface area contributed by atoms with E-state index in [1.54, 1.807) is 57.2 Å². The van der Waals surface area contributed by atoms with Gasteiger partial charge in [-0.25, -0.2) is 14.6 Å². The van der Waals surface area contributed by atoms with Crippen LogP contribution in [0.1, 0.15) is 50.4 Å². The zero-order valence-corrected chi connectivity index (χ0v) is 31.8. The summed E-state index contributed by atoms with van der Waals surface area (Å²) < 4.78 is 36.2. The van der Waals surface area contributed by atoms with Gasteiger partial charge in [0.2, 0.25) is 0 Å². The zero-order chi connectivity index (χ0) is 36.7. The Morgan fingerprint density at radius 1 is 0.961 bits per heavy atom. The summed E-state index contributed by atoms with van der Waals surface area (Å²) in [6.45, 7) is 7.85. The third kappa shape index (κ3) is 8.66. The molecule has 1 aliphatic heterocycles. The second kappa shape index (κ2) is 17.1. The van der Waals surface area contributed by atoms with Crippen molar-refractivity contribution in [2.24, 2.45) is 4.99 Å². The molecule has 0 radical (unpaired) electrons. The predicted octanol–water partition coefficient (Wildman–Crippen LogP) is 6.14. The van der Waals surface area contributed by atoms with Crippen LogP contribution in [0.25, 0.3) is 6.08 Å². The fourth-order valence-corrected chi connectivity index (χ4v) is 7.23. The average Bonchev–Trinajstić information content (AvgIpc) is 3.40. The first-order valence-electron chi connectivity index (χ1n) is 16.1. The van der Waals surface area contributed by atoms with Gasteiger partial charge in [0, 0.05) is 5.02 Å². The van der Waals surface area contributed by atoms with E-state index in [2.05, 4.69) is 20.9 Å². The van der Waals surface area contributed by atoms with Crippen molar-refractivity contribution in [1.29, 1.82) is 0 Å². The molecule has 0 N–H and O–H groups in total. The Hall–Kier alpha value is -4.59. The molecule has 0 fully saturated rings. The van der Waals surface area contributed by atoms with Gasteiger partial charge in [-0.05, 0) is 103 Å².